The van der Waals surface area contributed by atoms with E-state index in [9.17, 15) is 9.59 Å². The largest absolute Gasteiger partial charge is 0.495 e. The van der Waals surface area contributed by atoms with E-state index >= 15 is 0 Å². The van der Waals surface area contributed by atoms with E-state index in [0.717, 1.165) is 22.5 Å². The van der Waals surface area contributed by atoms with Gasteiger partial charge in [-0.3, -0.25) is 9.59 Å². The molecule has 2 amide bonds. The van der Waals surface area contributed by atoms with Crippen LogP contribution in [0.5, 0.6) is 5.75 Å². The van der Waals surface area contributed by atoms with Crippen LogP contribution in [0.3, 0.4) is 0 Å². The molecule has 1 aromatic heterocycles. The van der Waals surface area contributed by atoms with Gasteiger partial charge in [-0.25, -0.2) is 4.98 Å². The molecular formula is C24H26N4O4. The summed E-state index contributed by atoms with van der Waals surface area (Å²) < 4.78 is 12.8. The maximum Gasteiger partial charge on any atom is 0.242 e. The Bertz CT molecular complexity index is 1150. The minimum absolute atomic E-state index is 0.0256. The van der Waals surface area contributed by atoms with E-state index in [4.69, 9.17) is 14.5 Å². The lowest BCUT2D eigenvalue weighted by molar-refractivity contribution is -0.135. The van der Waals surface area contributed by atoms with Crippen molar-refractivity contribution < 1.29 is 19.1 Å². The Morgan fingerprint density at radius 1 is 1.12 bits per heavy atom. The van der Waals surface area contributed by atoms with Gasteiger partial charge in [0.25, 0.3) is 0 Å². The molecule has 0 unspecified atom stereocenters. The topological polar surface area (TPSA) is 76.9 Å². The highest BCUT2D eigenvalue weighted by molar-refractivity contribution is 5.98. The van der Waals surface area contributed by atoms with Crippen LogP contribution in [-0.4, -0.2) is 66.2 Å². The van der Waals surface area contributed by atoms with Crippen molar-refractivity contribution in [3.05, 3.63) is 54.4 Å². The molecule has 3 aromatic rings. The summed E-state index contributed by atoms with van der Waals surface area (Å²) in [6, 6.07) is 15.3. The number of carbonyl (C=O) groups is 2. The smallest absolute Gasteiger partial charge is 0.242 e. The molecule has 32 heavy (non-hydrogen) atoms. The van der Waals surface area contributed by atoms with Gasteiger partial charge in [0.05, 0.1) is 37.0 Å². The summed E-state index contributed by atoms with van der Waals surface area (Å²) in [5.41, 5.74) is 2.50. The average molecular weight is 434 g/mol. The minimum atomic E-state index is -0.114. The molecule has 0 bridgehead atoms. The molecule has 0 saturated carbocycles. The molecule has 2 saturated heterocycles. The monoisotopic (exact) mass is 434 g/mol. The van der Waals surface area contributed by atoms with Crippen LogP contribution in [-0.2, 0) is 20.9 Å². The fraction of sp³-hybridized carbons (Fsp3) is 0.375. The number of methoxy groups -OCH3 is 1. The Hall–Kier alpha value is -3.39. The molecular weight excluding hydrogens is 408 g/mol. The second-order valence-corrected chi connectivity index (χ2v) is 8.12. The minimum Gasteiger partial charge on any atom is -0.495 e. The SMILES string of the molecule is COc1ccccc1N1C[C@H](c2nc3ccccc3n2CC(=O)N2CCOCC2)CC1=O. The summed E-state index contributed by atoms with van der Waals surface area (Å²) in [4.78, 5) is 34.5. The fourth-order valence-corrected chi connectivity index (χ4v) is 4.59. The first kappa shape index (κ1) is 20.5. The van der Waals surface area contributed by atoms with Crippen molar-refractivity contribution >= 4 is 28.5 Å². The third-order valence-corrected chi connectivity index (χ3v) is 6.21. The first-order chi connectivity index (χ1) is 15.7. The summed E-state index contributed by atoms with van der Waals surface area (Å²) in [6.45, 7) is 3.03. The molecule has 3 heterocycles. The quantitative estimate of drug-likeness (QED) is 0.617. The Kier molecular flexibility index (Phi) is 5.53. The third kappa shape index (κ3) is 3.71. The van der Waals surface area contributed by atoms with E-state index in [0.29, 0.717) is 45.0 Å². The van der Waals surface area contributed by atoms with Crippen LogP contribution >= 0.6 is 0 Å². The molecule has 5 rings (SSSR count). The van der Waals surface area contributed by atoms with Crippen LogP contribution < -0.4 is 9.64 Å². The highest BCUT2D eigenvalue weighted by Crippen LogP contribution is 2.37. The summed E-state index contributed by atoms with van der Waals surface area (Å²) in [5, 5.41) is 0. The molecule has 2 aliphatic rings. The molecule has 0 radical (unpaired) electrons. The van der Waals surface area contributed by atoms with Gasteiger partial charge in [0, 0.05) is 32.0 Å². The number of hydrogen-bond donors (Lipinski definition) is 0. The van der Waals surface area contributed by atoms with Gasteiger partial charge in [-0.1, -0.05) is 24.3 Å². The lowest BCUT2D eigenvalue weighted by atomic mass is 10.1. The van der Waals surface area contributed by atoms with Gasteiger partial charge >= 0.3 is 0 Å². The molecule has 2 fully saturated rings. The van der Waals surface area contributed by atoms with E-state index in [2.05, 4.69) is 0 Å². The maximum absolute atomic E-state index is 13.0. The molecule has 0 N–H and O–H groups in total. The van der Waals surface area contributed by atoms with Crippen molar-refractivity contribution in [3.63, 3.8) is 0 Å². The predicted molar refractivity (Wildman–Crippen MR) is 120 cm³/mol. The van der Waals surface area contributed by atoms with Crippen molar-refractivity contribution in [2.75, 3.05) is 44.9 Å². The number of hydrogen-bond acceptors (Lipinski definition) is 5. The summed E-state index contributed by atoms with van der Waals surface area (Å²) in [6.07, 6.45) is 0.340. The van der Waals surface area contributed by atoms with Crippen molar-refractivity contribution in [3.8, 4) is 5.75 Å². The van der Waals surface area contributed by atoms with Gasteiger partial charge in [-0.15, -0.1) is 0 Å². The van der Waals surface area contributed by atoms with E-state index < -0.39 is 0 Å². The number of fused-ring (bicyclic) bond motifs is 1. The zero-order chi connectivity index (χ0) is 22.1. The van der Waals surface area contributed by atoms with Crippen LogP contribution in [0.1, 0.15) is 18.2 Å². The van der Waals surface area contributed by atoms with Crippen LogP contribution in [0.2, 0.25) is 0 Å². The lowest BCUT2D eigenvalue weighted by Crippen LogP contribution is -2.42. The van der Waals surface area contributed by atoms with E-state index in [1.807, 2.05) is 58.0 Å². The Labute approximate surface area is 186 Å². The first-order valence-corrected chi connectivity index (χ1v) is 10.9. The Morgan fingerprint density at radius 3 is 2.69 bits per heavy atom. The number of anilines is 1. The second kappa shape index (κ2) is 8.63. The van der Waals surface area contributed by atoms with Gasteiger partial charge in [-0.05, 0) is 24.3 Å². The van der Waals surface area contributed by atoms with Crippen molar-refractivity contribution in [1.29, 1.82) is 0 Å². The molecule has 2 aliphatic heterocycles. The number of imidazole rings is 1. The second-order valence-electron chi connectivity index (χ2n) is 8.12. The Balaban J connectivity index is 1.47. The van der Waals surface area contributed by atoms with Crippen LogP contribution in [0, 0.1) is 0 Å². The fourth-order valence-electron chi connectivity index (χ4n) is 4.59. The van der Waals surface area contributed by atoms with Gasteiger partial charge in [0.1, 0.15) is 18.1 Å². The molecule has 1 atom stereocenters. The number of morpholine rings is 1. The highest BCUT2D eigenvalue weighted by atomic mass is 16.5. The zero-order valence-electron chi connectivity index (χ0n) is 18.1. The number of rotatable bonds is 5. The molecule has 166 valence electrons. The number of para-hydroxylation sites is 4. The van der Waals surface area contributed by atoms with Gasteiger partial charge in [-0.2, -0.15) is 0 Å². The number of benzene rings is 2. The predicted octanol–water partition coefficient (Wildman–Crippen LogP) is 2.42. The number of ether oxygens (including phenoxy) is 2. The lowest BCUT2D eigenvalue weighted by Gasteiger charge is -2.27. The van der Waals surface area contributed by atoms with Gasteiger partial charge in [0.2, 0.25) is 11.8 Å². The maximum atomic E-state index is 13.0. The number of aromatic nitrogens is 2. The highest BCUT2D eigenvalue weighted by Gasteiger charge is 2.36. The van der Waals surface area contributed by atoms with E-state index in [1.54, 1.807) is 12.0 Å². The third-order valence-electron chi connectivity index (χ3n) is 6.21. The molecule has 0 spiro atoms. The van der Waals surface area contributed by atoms with Crippen LogP contribution in [0.25, 0.3) is 11.0 Å². The molecule has 2 aromatic carbocycles. The van der Waals surface area contributed by atoms with Crippen molar-refractivity contribution in [2.45, 2.75) is 18.9 Å². The molecule has 8 nitrogen and oxygen atoms in total. The summed E-state index contributed by atoms with van der Waals surface area (Å²) in [7, 11) is 1.60. The Morgan fingerprint density at radius 2 is 1.88 bits per heavy atom. The number of nitrogens with zero attached hydrogens (tertiary/aromatic N) is 4. The van der Waals surface area contributed by atoms with E-state index in [-0.39, 0.29) is 24.3 Å². The number of carbonyl (C=O) groups excluding carboxylic acids is 2. The van der Waals surface area contributed by atoms with Crippen LogP contribution in [0.15, 0.2) is 48.5 Å². The van der Waals surface area contributed by atoms with E-state index in [1.165, 1.54) is 0 Å². The number of amides is 2. The molecule has 8 heteroatoms. The van der Waals surface area contributed by atoms with Gasteiger partial charge < -0.3 is 23.8 Å². The standard InChI is InChI=1S/C24H26N4O4/c1-31-21-9-5-4-8-20(21)27-15-17(14-22(27)29)24-25-18-6-2-3-7-19(18)28(24)16-23(30)26-10-12-32-13-11-26/h2-9,17H,10-16H2,1H3/t17-/m1/s1. The van der Waals surface area contributed by atoms with Gasteiger partial charge in [0.15, 0.2) is 0 Å². The summed E-state index contributed by atoms with van der Waals surface area (Å²) in [5.74, 6) is 1.40. The summed E-state index contributed by atoms with van der Waals surface area (Å²) >= 11 is 0. The normalized spacial score (nSPS) is 19.0. The van der Waals surface area contributed by atoms with Crippen molar-refractivity contribution in [2.24, 2.45) is 0 Å². The van der Waals surface area contributed by atoms with Crippen molar-refractivity contribution in [1.82, 2.24) is 14.5 Å². The zero-order valence-corrected chi connectivity index (χ0v) is 18.1. The average Bonchev–Trinajstić information content (AvgIpc) is 3.40. The van der Waals surface area contributed by atoms with Crippen LogP contribution in [0.4, 0.5) is 5.69 Å². The molecule has 0 aliphatic carbocycles. The first-order valence-electron chi connectivity index (χ1n) is 10.9.